The summed E-state index contributed by atoms with van der Waals surface area (Å²) in [5.74, 6) is -0.609. The molecule has 1 saturated carbocycles. The summed E-state index contributed by atoms with van der Waals surface area (Å²) in [7, 11) is 0. The molecule has 1 amide bonds. The zero-order valence-corrected chi connectivity index (χ0v) is 13.6. The first-order valence-electron chi connectivity index (χ1n) is 6.80. The first-order valence-corrected chi connectivity index (χ1v) is 6.80. The standard InChI is InChI=1S/C14H18FN3O2.2ClH/c15-10-7-11(17-13(19)14(16)1-2-14)9-12(8-10)18-3-5-20-6-4-18;;/h7-9H,1-6,16H2,(H,17,19);2*1H. The molecule has 1 heterocycles. The SMILES string of the molecule is Cl.Cl.NC1(C(=O)Nc2cc(F)cc(N3CCOCC3)c2)CC1. The normalized spacial score (nSPS) is 18.7. The molecule has 3 N–H and O–H groups in total. The molecule has 22 heavy (non-hydrogen) atoms. The van der Waals surface area contributed by atoms with Crippen molar-refractivity contribution in [1.82, 2.24) is 0 Å². The van der Waals surface area contributed by atoms with Gasteiger partial charge >= 0.3 is 0 Å². The number of ether oxygens (including phenoxy) is 1. The molecule has 1 aliphatic heterocycles. The molecule has 2 fully saturated rings. The van der Waals surface area contributed by atoms with Crippen molar-refractivity contribution in [3.05, 3.63) is 24.0 Å². The second-order valence-corrected chi connectivity index (χ2v) is 5.41. The van der Waals surface area contributed by atoms with Gasteiger partial charge in [0.1, 0.15) is 5.82 Å². The fourth-order valence-electron chi connectivity index (χ4n) is 2.27. The summed E-state index contributed by atoms with van der Waals surface area (Å²) in [6.07, 6.45) is 1.37. The third-order valence-corrected chi connectivity index (χ3v) is 3.76. The number of nitrogens with one attached hydrogen (secondary N) is 1. The lowest BCUT2D eigenvalue weighted by Crippen LogP contribution is -2.38. The number of rotatable bonds is 3. The minimum atomic E-state index is -0.758. The molecular weight excluding hydrogens is 332 g/mol. The Kier molecular flexibility index (Phi) is 6.43. The Labute approximate surface area is 141 Å². The van der Waals surface area contributed by atoms with Gasteiger partial charge in [0.05, 0.1) is 18.8 Å². The van der Waals surface area contributed by atoms with E-state index in [9.17, 15) is 9.18 Å². The van der Waals surface area contributed by atoms with Crippen molar-refractivity contribution >= 4 is 42.1 Å². The van der Waals surface area contributed by atoms with Crippen LogP contribution >= 0.6 is 24.8 Å². The molecule has 124 valence electrons. The molecule has 3 rings (SSSR count). The zero-order chi connectivity index (χ0) is 14.2. The maximum absolute atomic E-state index is 13.7. The summed E-state index contributed by atoms with van der Waals surface area (Å²) < 4.78 is 19.0. The van der Waals surface area contributed by atoms with Gasteiger partial charge in [-0.3, -0.25) is 4.79 Å². The smallest absolute Gasteiger partial charge is 0.244 e. The second-order valence-electron chi connectivity index (χ2n) is 5.41. The van der Waals surface area contributed by atoms with Crippen molar-refractivity contribution in [2.75, 3.05) is 36.5 Å². The van der Waals surface area contributed by atoms with Crippen LogP contribution in [0.15, 0.2) is 18.2 Å². The van der Waals surface area contributed by atoms with E-state index in [1.54, 1.807) is 6.07 Å². The molecule has 1 aromatic carbocycles. The van der Waals surface area contributed by atoms with Crippen LogP contribution in [0.2, 0.25) is 0 Å². The molecule has 0 aromatic heterocycles. The van der Waals surface area contributed by atoms with Gasteiger partial charge < -0.3 is 20.7 Å². The van der Waals surface area contributed by atoms with Gasteiger partial charge in [0.2, 0.25) is 5.91 Å². The molecule has 0 radical (unpaired) electrons. The van der Waals surface area contributed by atoms with Crippen LogP contribution in [0.3, 0.4) is 0 Å². The Bertz CT molecular complexity index is 535. The molecule has 0 spiro atoms. The largest absolute Gasteiger partial charge is 0.378 e. The number of benzene rings is 1. The number of hydrogen-bond donors (Lipinski definition) is 2. The van der Waals surface area contributed by atoms with E-state index in [-0.39, 0.29) is 36.5 Å². The summed E-state index contributed by atoms with van der Waals surface area (Å²) in [5, 5.41) is 2.70. The van der Waals surface area contributed by atoms with Gasteiger partial charge in [0, 0.05) is 24.5 Å². The average molecular weight is 352 g/mol. The number of anilines is 2. The first-order chi connectivity index (χ1) is 9.57. The summed E-state index contributed by atoms with van der Waals surface area (Å²) in [6.45, 7) is 2.70. The van der Waals surface area contributed by atoms with Crippen LogP contribution in [0, 0.1) is 5.82 Å². The average Bonchev–Trinajstić information content (AvgIpc) is 3.18. The number of amides is 1. The topological polar surface area (TPSA) is 67.6 Å². The van der Waals surface area contributed by atoms with Gasteiger partial charge in [-0.25, -0.2) is 4.39 Å². The maximum atomic E-state index is 13.7. The molecule has 8 heteroatoms. The lowest BCUT2D eigenvalue weighted by molar-refractivity contribution is -0.118. The van der Waals surface area contributed by atoms with Crippen LogP contribution in [0.1, 0.15) is 12.8 Å². The number of nitrogens with two attached hydrogens (primary N) is 1. The molecule has 1 aromatic rings. The van der Waals surface area contributed by atoms with Crippen LogP contribution in [-0.2, 0) is 9.53 Å². The number of carbonyl (C=O) groups excluding carboxylic acids is 1. The van der Waals surface area contributed by atoms with Gasteiger partial charge in [-0.05, 0) is 31.0 Å². The third kappa shape index (κ3) is 4.23. The van der Waals surface area contributed by atoms with E-state index in [0.29, 0.717) is 31.7 Å². The van der Waals surface area contributed by atoms with Gasteiger partial charge in [0.15, 0.2) is 0 Å². The Morgan fingerprint density at radius 3 is 2.45 bits per heavy atom. The summed E-state index contributed by atoms with van der Waals surface area (Å²) in [4.78, 5) is 13.9. The van der Waals surface area contributed by atoms with E-state index in [1.165, 1.54) is 12.1 Å². The predicted molar refractivity (Wildman–Crippen MR) is 88.7 cm³/mol. The van der Waals surface area contributed by atoms with Crippen molar-refractivity contribution in [2.24, 2.45) is 5.73 Å². The molecule has 0 bridgehead atoms. The zero-order valence-electron chi connectivity index (χ0n) is 12.0. The molecular formula is C14H20Cl2FN3O2. The molecule has 5 nitrogen and oxygen atoms in total. The molecule has 1 saturated heterocycles. The van der Waals surface area contributed by atoms with Crippen LogP contribution in [0.5, 0.6) is 0 Å². The minimum Gasteiger partial charge on any atom is -0.378 e. The lowest BCUT2D eigenvalue weighted by Gasteiger charge is -2.29. The highest BCUT2D eigenvalue weighted by atomic mass is 35.5. The number of morpholine rings is 1. The lowest BCUT2D eigenvalue weighted by atomic mass is 10.2. The predicted octanol–water partition coefficient (Wildman–Crippen LogP) is 1.94. The van der Waals surface area contributed by atoms with Gasteiger partial charge in [-0.2, -0.15) is 0 Å². The quantitative estimate of drug-likeness (QED) is 0.873. The van der Waals surface area contributed by atoms with E-state index in [1.807, 2.05) is 4.90 Å². The van der Waals surface area contributed by atoms with Crippen molar-refractivity contribution < 1.29 is 13.9 Å². The van der Waals surface area contributed by atoms with E-state index in [0.717, 1.165) is 18.8 Å². The summed E-state index contributed by atoms with van der Waals surface area (Å²) in [6, 6.07) is 4.56. The van der Waals surface area contributed by atoms with Crippen molar-refractivity contribution in [3.8, 4) is 0 Å². The van der Waals surface area contributed by atoms with Gasteiger partial charge in [-0.1, -0.05) is 0 Å². The number of nitrogens with zero attached hydrogens (tertiary/aromatic N) is 1. The maximum Gasteiger partial charge on any atom is 0.244 e. The highest BCUT2D eigenvalue weighted by Crippen LogP contribution is 2.33. The first kappa shape index (κ1) is 19.0. The number of hydrogen-bond acceptors (Lipinski definition) is 4. The molecule has 1 aliphatic carbocycles. The van der Waals surface area contributed by atoms with Crippen LogP contribution < -0.4 is 16.0 Å². The number of carbonyl (C=O) groups is 1. The molecule has 2 aliphatic rings. The fourth-order valence-corrected chi connectivity index (χ4v) is 2.27. The minimum absolute atomic E-state index is 0. The van der Waals surface area contributed by atoms with E-state index in [4.69, 9.17) is 10.5 Å². The Morgan fingerprint density at radius 2 is 1.86 bits per heavy atom. The van der Waals surface area contributed by atoms with Crippen molar-refractivity contribution in [3.63, 3.8) is 0 Å². The summed E-state index contributed by atoms with van der Waals surface area (Å²) >= 11 is 0. The van der Waals surface area contributed by atoms with Crippen molar-refractivity contribution in [1.29, 1.82) is 0 Å². The van der Waals surface area contributed by atoms with Crippen LogP contribution in [-0.4, -0.2) is 37.7 Å². The van der Waals surface area contributed by atoms with Crippen LogP contribution in [0.4, 0.5) is 15.8 Å². The second kappa shape index (κ2) is 7.46. The van der Waals surface area contributed by atoms with Crippen LogP contribution in [0.25, 0.3) is 0 Å². The van der Waals surface area contributed by atoms with Gasteiger partial charge in [-0.15, -0.1) is 24.8 Å². The van der Waals surface area contributed by atoms with E-state index in [2.05, 4.69) is 5.32 Å². The fraction of sp³-hybridized carbons (Fsp3) is 0.500. The molecule has 0 atom stereocenters. The highest BCUT2D eigenvalue weighted by Gasteiger charge is 2.45. The highest BCUT2D eigenvalue weighted by molar-refractivity contribution is 6.00. The molecule has 0 unspecified atom stereocenters. The number of halogens is 3. The summed E-state index contributed by atoms with van der Waals surface area (Å²) in [5.41, 5.74) is 6.27. The monoisotopic (exact) mass is 351 g/mol. The third-order valence-electron chi connectivity index (χ3n) is 3.76. The van der Waals surface area contributed by atoms with Crippen molar-refractivity contribution in [2.45, 2.75) is 18.4 Å². The van der Waals surface area contributed by atoms with E-state index >= 15 is 0 Å². The Balaban J connectivity index is 0.00000121. The van der Waals surface area contributed by atoms with Gasteiger partial charge in [0.25, 0.3) is 0 Å². The Morgan fingerprint density at radius 1 is 1.23 bits per heavy atom. The van der Waals surface area contributed by atoms with E-state index < -0.39 is 5.54 Å². The Hall–Kier alpha value is -1.08.